The topological polar surface area (TPSA) is 65.8 Å². The maximum Gasteiger partial charge on any atom is 0.248 e. The first-order valence-corrected chi connectivity index (χ1v) is 10.1. The summed E-state index contributed by atoms with van der Waals surface area (Å²) in [7, 11) is 0. The van der Waals surface area contributed by atoms with Crippen molar-refractivity contribution in [2.75, 3.05) is 5.32 Å². The van der Waals surface area contributed by atoms with Gasteiger partial charge in [0.25, 0.3) is 0 Å². The van der Waals surface area contributed by atoms with Crippen LogP contribution in [0.1, 0.15) is 36.8 Å². The third-order valence-corrected chi connectivity index (χ3v) is 4.92. The summed E-state index contributed by atoms with van der Waals surface area (Å²) in [6.45, 7) is 0. The lowest BCUT2D eigenvalue weighted by Gasteiger charge is -2.28. The van der Waals surface area contributed by atoms with E-state index in [1.807, 2.05) is 30.3 Å². The highest BCUT2D eigenvalue weighted by Gasteiger charge is 2.38. The number of rotatable bonds is 7. The summed E-state index contributed by atoms with van der Waals surface area (Å²) in [5, 5.41) is 11.8. The van der Waals surface area contributed by atoms with E-state index in [1.165, 1.54) is 12.1 Å². The number of pyridine rings is 1. The molecule has 1 heterocycles. The highest BCUT2D eigenvalue weighted by Crippen LogP contribution is 2.32. The zero-order valence-corrected chi connectivity index (χ0v) is 17.0. The van der Waals surface area contributed by atoms with Crippen LogP contribution in [0.5, 0.6) is 0 Å². The van der Waals surface area contributed by atoms with Crippen LogP contribution in [-0.4, -0.2) is 10.9 Å². The van der Waals surface area contributed by atoms with Gasteiger partial charge in [0.05, 0.1) is 6.07 Å². The van der Waals surface area contributed by atoms with Crippen LogP contribution in [0.25, 0.3) is 0 Å². The number of unbranched alkanes of at least 4 members (excludes halogenated alkanes) is 2. The summed E-state index contributed by atoms with van der Waals surface area (Å²) in [5.74, 6) is 6.05. The van der Waals surface area contributed by atoms with E-state index in [-0.39, 0.29) is 11.7 Å². The predicted molar refractivity (Wildman–Crippen MR) is 118 cm³/mol. The monoisotopic (exact) mass is 411 g/mol. The van der Waals surface area contributed by atoms with Crippen molar-refractivity contribution in [3.63, 3.8) is 0 Å². The number of carbonyl (C=O) groups excluding carboxylic acids is 1. The summed E-state index contributed by atoms with van der Waals surface area (Å²) in [6, 6.07) is 22.7. The van der Waals surface area contributed by atoms with E-state index in [1.54, 1.807) is 36.5 Å². The Balaban J connectivity index is 2.04. The second-order valence-corrected chi connectivity index (χ2v) is 7.06. The number of nitriles is 1. The lowest BCUT2D eigenvalue weighted by molar-refractivity contribution is -0.120. The second-order valence-electron chi connectivity index (χ2n) is 7.06. The van der Waals surface area contributed by atoms with Gasteiger partial charge in [0, 0.05) is 18.2 Å². The van der Waals surface area contributed by atoms with E-state index in [4.69, 9.17) is 5.26 Å². The molecule has 0 saturated heterocycles. The van der Waals surface area contributed by atoms with E-state index < -0.39 is 5.41 Å². The molecule has 1 unspecified atom stereocenters. The molecule has 0 aliphatic heterocycles. The van der Waals surface area contributed by atoms with Gasteiger partial charge in [-0.05, 0) is 54.8 Å². The third-order valence-electron chi connectivity index (χ3n) is 4.92. The Morgan fingerprint density at radius 1 is 1.00 bits per heavy atom. The van der Waals surface area contributed by atoms with Crippen LogP contribution < -0.4 is 5.32 Å². The molecule has 1 aromatic heterocycles. The largest absolute Gasteiger partial charge is 0.309 e. The van der Waals surface area contributed by atoms with Crippen molar-refractivity contribution in [2.45, 2.75) is 31.1 Å². The summed E-state index contributed by atoms with van der Waals surface area (Å²) >= 11 is 0. The van der Waals surface area contributed by atoms with Crippen molar-refractivity contribution in [3.05, 3.63) is 95.9 Å². The molecule has 3 rings (SSSR count). The van der Waals surface area contributed by atoms with Gasteiger partial charge in [-0.2, -0.15) is 5.26 Å². The third kappa shape index (κ3) is 5.78. The predicted octanol–water partition coefficient (Wildman–Crippen LogP) is 5.23. The Hall–Kier alpha value is -3.96. The minimum Gasteiger partial charge on any atom is -0.309 e. The molecule has 0 aliphatic carbocycles. The van der Waals surface area contributed by atoms with E-state index in [2.05, 4.69) is 28.2 Å². The number of carbonyl (C=O) groups is 1. The molecule has 0 spiro atoms. The summed E-state index contributed by atoms with van der Waals surface area (Å²) in [6.07, 6.45) is 3.77. The Morgan fingerprint density at radius 3 is 2.42 bits per heavy atom. The smallest absolute Gasteiger partial charge is 0.248 e. The lowest BCUT2D eigenvalue weighted by Crippen LogP contribution is -2.39. The molecule has 4 nitrogen and oxygen atoms in total. The zero-order valence-electron chi connectivity index (χ0n) is 17.0. The number of aromatic nitrogens is 1. The lowest BCUT2D eigenvalue weighted by atomic mass is 9.75. The van der Waals surface area contributed by atoms with E-state index in [0.29, 0.717) is 37.1 Å². The van der Waals surface area contributed by atoms with Gasteiger partial charge in [0.2, 0.25) is 5.91 Å². The highest BCUT2D eigenvalue weighted by molar-refractivity contribution is 6.01. The molecule has 31 heavy (non-hydrogen) atoms. The van der Waals surface area contributed by atoms with Crippen molar-refractivity contribution in [3.8, 4) is 17.9 Å². The van der Waals surface area contributed by atoms with Crippen molar-refractivity contribution < 1.29 is 9.18 Å². The Morgan fingerprint density at radius 2 is 1.74 bits per heavy atom. The van der Waals surface area contributed by atoms with Gasteiger partial charge in [0.15, 0.2) is 0 Å². The van der Waals surface area contributed by atoms with Crippen LogP contribution in [0.4, 0.5) is 10.2 Å². The summed E-state index contributed by atoms with van der Waals surface area (Å²) < 4.78 is 13.3. The van der Waals surface area contributed by atoms with Crippen LogP contribution >= 0.6 is 0 Å². The molecule has 1 N–H and O–H groups in total. The molecule has 0 bridgehead atoms. The highest BCUT2D eigenvalue weighted by atomic mass is 19.1. The van der Waals surface area contributed by atoms with Crippen molar-refractivity contribution in [2.24, 2.45) is 0 Å². The maximum absolute atomic E-state index is 13.6. The van der Waals surface area contributed by atoms with E-state index >= 15 is 0 Å². The minimum absolute atomic E-state index is 0.288. The SMILES string of the molecule is N#CCCCCC(C#Cc1ccc(F)cc1)(C(=O)Nc1ccccn1)c1ccccc1. The van der Waals surface area contributed by atoms with Gasteiger partial charge in [-0.3, -0.25) is 4.79 Å². The van der Waals surface area contributed by atoms with Gasteiger partial charge >= 0.3 is 0 Å². The fraction of sp³-hybridized carbons (Fsp3) is 0.192. The summed E-state index contributed by atoms with van der Waals surface area (Å²) in [4.78, 5) is 17.8. The molecule has 154 valence electrons. The fourth-order valence-corrected chi connectivity index (χ4v) is 3.27. The molecule has 5 heteroatoms. The first-order chi connectivity index (χ1) is 15.1. The van der Waals surface area contributed by atoms with Gasteiger partial charge in [-0.15, -0.1) is 0 Å². The molecular weight excluding hydrogens is 389 g/mol. The van der Waals surface area contributed by atoms with Gasteiger partial charge in [-0.1, -0.05) is 54.7 Å². The minimum atomic E-state index is -1.15. The number of anilines is 1. The number of hydrogen-bond donors (Lipinski definition) is 1. The van der Waals surface area contributed by atoms with Gasteiger partial charge in [-0.25, -0.2) is 9.37 Å². The van der Waals surface area contributed by atoms with Crippen LogP contribution in [-0.2, 0) is 10.2 Å². The summed E-state index contributed by atoms with van der Waals surface area (Å²) in [5.41, 5.74) is 0.224. The molecule has 3 aromatic rings. The van der Waals surface area contributed by atoms with Crippen molar-refractivity contribution in [1.29, 1.82) is 5.26 Å². The first kappa shape index (κ1) is 21.7. The average Bonchev–Trinajstić information content (AvgIpc) is 2.81. The molecule has 0 fully saturated rings. The van der Waals surface area contributed by atoms with Crippen LogP contribution in [0.15, 0.2) is 79.0 Å². The number of nitrogens with one attached hydrogen (secondary N) is 1. The van der Waals surface area contributed by atoms with E-state index in [0.717, 1.165) is 5.56 Å². The molecule has 1 atom stereocenters. The molecule has 0 radical (unpaired) electrons. The zero-order chi connectivity index (χ0) is 21.9. The molecule has 0 saturated carbocycles. The quantitative estimate of drug-likeness (QED) is 0.427. The average molecular weight is 411 g/mol. The van der Waals surface area contributed by atoms with Crippen molar-refractivity contribution >= 4 is 11.7 Å². The van der Waals surface area contributed by atoms with Crippen LogP contribution in [0, 0.1) is 29.0 Å². The molecule has 1 amide bonds. The number of benzene rings is 2. The van der Waals surface area contributed by atoms with Crippen molar-refractivity contribution in [1.82, 2.24) is 4.98 Å². The van der Waals surface area contributed by atoms with E-state index in [9.17, 15) is 9.18 Å². The van der Waals surface area contributed by atoms with Gasteiger partial charge < -0.3 is 5.32 Å². The molecule has 0 aliphatic rings. The Labute approximate surface area is 181 Å². The second kappa shape index (κ2) is 10.7. The Kier molecular flexibility index (Phi) is 7.51. The standard InChI is InChI=1S/C26H22FN3O/c27-23-14-12-21(13-15-23)16-18-26(17-6-2-7-19-28,22-9-3-1-4-10-22)25(31)30-24-11-5-8-20-29-24/h1,3-5,8-15,20H,2,6-7,17H2,(H,29,30,31). The van der Waals surface area contributed by atoms with Gasteiger partial charge in [0.1, 0.15) is 17.1 Å². The van der Waals surface area contributed by atoms with Crippen LogP contribution in [0.3, 0.4) is 0 Å². The fourth-order valence-electron chi connectivity index (χ4n) is 3.27. The molecule has 2 aromatic carbocycles. The maximum atomic E-state index is 13.6. The number of nitrogens with zero attached hydrogens (tertiary/aromatic N) is 2. The number of hydrogen-bond acceptors (Lipinski definition) is 3. The van der Waals surface area contributed by atoms with Crippen LogP contribution in [0.2, 0.25) is 0 Å². The number of amides is 1. The first-order valence-electron chi connectivity index (χ1n) is 10.1. The number of halogens is 1. The molecular formula is C26H22FN3O. The normalized spacial score (nSPS) is 12.0. The Bertz CT molecular complexity index is 1100.